The first-order valence-corrected chi connectivity index (χ1v) is 7.63. The van der Waals surface area contributed by atoms with Gasteiger partial charge in [-0.15, -0.1) is 11.3 Å². The molecule has 0 radical (unpaired) electrons. The largest absolute Gasteiger partial charge is 0.351 e. The molecule has 1 atom stereocenters. The lowest BCUT2D eigenvalue weighted by molar-refractivity contribution is 0.0952. The second-order valence-corrected chi connectivity index (χ2v) is 7.16. The van der Waals surface area contributed by atoms with Crippen molar-refractivity contribution in [3.8, 4) is 0 Å². The molecule has 0 spiro atoms. The van der Waals surface area contributed by atoms with Gasteiger partial charge in [-0.3, -0.25) is 4.79 Å². The summed E-state index contributed by atoms with van der Waals surface area (Å²) >= 11 is 6.81. The van der Waals surface area contributed by atoms with Gasteiger partial charge in [0, 0.05) is 6.54 Å². The molecule has 15 heavy (non-hydrogen) atoms. The Morgan fingerprint density at radius 3 is 3.07 bits per heavy atom. The SMILES string of the molecule is O=C(NCC1CCSC1)c1ccc(Br)s1. The number of amides is 1. The number of carbonyl (C=O) groups is 1. The predicted octanol–water partition coefficient (Wildman–Crippen LogP) is 2.99. The van der Waals surface area contributed by atoms with Crippen LogP contribution in [0.15, 0.2) is 15.9 Å². The van der Waals surface area contributed by atoms with Crippen molar-refractivity contribution >= 4 is 44.9 Å². The normalized spacial score (nSPS) is 20.5. The first-order chi connectivity index (χ1) is 7.25. The van der Waals surface area contributed by atoms with E-state index >= 15 is 0 Å². The van der Waals surface area contributed by atoms with Crippen molar-refractivity contribution in [2.24, 2.45) is 5.92 Å². The topological polar surface area (TPSA) is 29.1 Å². The second kappa shape index (κ2) is 5.37. The molecule has 1 amide bonds. The Bertz CT molecular complexity index is 347. The number of nitrogens with one attached hydrogen (secondary N) is 1. The molecule has 0 aromatic carbocycles. The van der Waals surface area contributed by atoms with Gasteiger partial charge in [0.1, 0.15) is 0 Å². The lowest BCUT2D eigenvalue weighted by Crippen LogP contribution is -2.28. The van der Waals surface area contributed by atoms with Gasteiger partial charge < -0.3 is 5.32 Å². The molecule has 82 valence electrons. The van der Waals surface area contributed by atoms with E-state index in [0.717, 1.165) is 15.2 Å². The third-order valence-electron chi connectivity index (χ3n) is 2.37. The molecule has 1 saturated heterocycles. The summed E-state index contributed by atoms with van der Waals surface area (Å²) in [5, 5.41) is 2.99. The molecule has 1 aliphatic rings. The minimum atomic E-state index is 0.0580. The maximum absolute atomic E-state index is 11.7. The van der Waals surface area contributed by atoms with Crippen molar-refractivity contribution in [3.63, 3.8) is 0 Å². The summed E-state index contributed by atoms with van der Waals surface area (Å²) in [5.41, 5.74) is 0. The molecule has 1 fully saturated rings. The summed E-state index contributed by atoms with van der Waals surface area (Å²) in [5.74, 6) is 3.16. The molecule has 0 bridgehead atoms. The van der Waals surface area contributed by atoms with Gasteiger partial charge in [-0.25, -0.2) is 0 Å². The Kier molecular flexibility index (Phi) is 4.11. The fourth-order valence-electron chi connectivity index (χ4n) is 1.50. The number of rotatable bonds is 3. The quantitative estimate of drug-likeness (QED) is 0.930. The van der Waals surface area contributed by atoms with Gasteiger partial charge in [-0.1, -0.05) is 0 Å². The molecule has 2 rings (SSSR count). The molecule has 5 heteroatoms. The van der Waals surface area contributed by atoms with E-state index in [9.17, 15) is 4.79 Å². The van der Waals surface area contributed by atoms with Gasteiger partial charge in [0.15, 0.2) is 0 Å². The molecule has 1 aromatic heterocycles. The molecular formula is C10H12BrNOS2. The number of thiophene rings is 1. The molecule has 1 N–H and O–H groups in total. The van der Waals surface area contributed by atoms with Crippen LogP contribution < -0.4 is 5.32 Å². The van der Waals surface area contributed by atoms with Crippen LogP contribution >= 0.6 is 39.0 Å². The highest BCUT2D eigenvalue weighted by Gasteiger charge is 2.17. The van der Waals surface area contributed by atoms with Crippen LogP contribution in [-0.4, -0.2) is 24.0 Å². The third-order valence-corrected chi connectivity index (χ3v) is 5.23. The molecule has 1 unspecified atom stereocenters. The number of halogens is 1. The molecule has 0 saturated carbocycles. The van der Waals surface area contributed by atoms with Crippen molar-refractivity contribution in [1.82, 2.24) is 5.32 Å². The van der Waals surface area contributed by atoms with E-state index in [1.54, 1.807) is 0 Å². The first-order valence-electron chi connectivity index (χ1n) is 4.87. The van der Waals surface area contributed by atoms with Crippen molar-refractivity contribution in [2.45, 2.75) is 6.42 Å². The Hall–Kier alpha value is -0.0000000000000000833. The maximum atomic E-state index is 11.7. The van der Waals surface area contributed by atoms with E-state index in [2.05, 4.69) is 21.2 Å². The van der Waals surface area contributed by atoms with Gasteiger partial charge in [0.25, 0.3) is 5.91 Å². The summed E-state index contributed by atoms with van der Waals surface area (Å²) in [6.07, 6.45) is 1.24. The highest BCUT2D eigenvalue weighted by molar-refractivity contribution is 9.11. The lowest BCUT2D eigenvalue weighted by Gasteiger charge is -2.08. The minimum Gasteiger partial charge on any atom is -0.351 e. The van der Waals surface area contributed by atoms with E-state index in [0.29, 0.717) is 5.92 Å². The Morgan fingerprint density at radius 1 is 1.60 bits per heavy atom. The van der Waals surface area contributed by atoms with Crippen molar-refractivity contribution in [3.05, 3.63) is 20.8 Å². The van der Waals surface area contributed by atoms with Crippen molar-refractivity contribution in [2.75, 3.05) is 18.1 Å². The fraction of sp³-hybridized carbons (Fsp3) is 0.500. The number of hydrogen-bond acceptors (Lipinski definition) is 3. The van der Waals surface area contributed by atoms with E-state index in [1.165, 1.54) is 29.3 Å². The highest BCUT2D eigenvalue weighted by Crippen LogP contribution is 2.24. The van der Waals surface area contributed by atoms with E-state index in [4.69, 9.17) is 0 Å². The van der Waals surface area contributed by atoms with Gasteiger partial charge >= 0.3 is 0 Å². The smallest absolute Gasteiger partial charge is 0.261 e. The van der Waals surface area contributed by atoms with Crippen LogP contribution in [0.5, 0.6) is 0 Å². The van der Waals surface area contributed by atoms with Crippen LogP contribution in [0.3, 0.4) is 0 Å². The predicted molar refractivity (Wildman–Crippen MR) is 69.8 cm³/mol. The minimum absolute atomic E-state index is 0.0580. The fourth-order valence-corrected chi connectivity index (χ4v) is 4.09. The van der Waals surface area contributed by atoms with Crippen LogP contribution in [0, 0.1) is 5.92 Å². The van der Waals surface area contributed by atoms with Gasteiger partial charge in [0.2, 0.25) is 0 Å². The maximum Gasteiger partial charge on any atom is 0.261 e. The summed E-state index contributed by atoms with van der Waals surface area (Å²) in [4.78, 5) is 12.5. The molecular weight excluding hydrogens is 294 g/mol. The molecule has 2 heterocycles. The van der Waals surface area contributed by atoms with Gasteiger partial charge in [-0.2, -0.15) is 11.8 Å². The molecule has 1 aromatic rings. The number of carbonyl (C=O) groups excluding carboxylic acids is 1. The van der Waals surface area contributed by atoms with E-state index in [1.807, 2.05) is 23.9 Å². The molecule has 1 aliphatic heterocycles. The van der Waals surface area contributed by atoms with Crippen molar-refractivity contribution in [1.29, 1.82) is 0 Å². The van der Waals surface area contributed by atoms with E-state index in [-0.39, 0.29) is 5.91 Å². The summed E-state index contributed by atoms with van der Waals surface area (Å²) < 4.78 is 1.00. The molecule has 0 aliphatic carbocycles. The zero-order valence-corrected chi connectivity index (χ0v) is 11.4. The summed E-state index contributed by atoms with van der Waals surface area (Å²) in [7, 11) is 0. The summed E-state index contributed by atoms with van der Waals surface area (Å²) in [6, 6.07) is 3.76. The Labute approximate surface area is 106 Å². The van der Waals surface area contributed by atoms with Crippen LogP contribution in [-0.2, 0) is 0 Å². The Morgan fingerprint density at radius 2 is 2.47 bits per heavy atom. The van der Waals surface area contributed by atoms with Gasteiger partial charge in [-0.05, 0) is 51.9 Å². The monoisotopic (exact) mass is 305 g/mol. The zero-order chi connectivity index (χ0) is 10.7. The zero-order valence-electron chi connectivity index (χ0n) is 8.16. The Balaban J connectivity index is 1.81. The van der Waals surface area contributed by atoms with Crippen LogP contribution in [0.25, 0.3) is 0 Å². The van der Waals surface area contributed by atoms with Crippen LogP contribution in [0.2, 0.25) is 0 Å². The average Bonchev–Trinajstić information content (AvgIpc) is 2.84. The summed E-state index contributed by atoms with van der Waals surface area (Å²) in [6.45, 7) is 0.821. The molecule has 2 nitrogen and oxygen atoms in total. The average molecular weight is 306 g/mol. The lowest BCUT2D eigenvalue weighted by atomic mass is 10.1. The second-order valence-electron chi connectivity index (χ2n) is 3.54. The first kappa shape index (κ1) is 11.5. The van der Waals surface area contributed by atoms with Crippen LogP contribution in [0.1, 0.15) is 16.1 Å². The van der Waals surface area contributed by atoms with Crippen molar-refractivity contribution < 1.29 is 4.79 Å². The standard InChI is InChI=1S/C10H12BrNOS2/c11-9-2-1-8(15-9)10(13)12-5-7-3-4-14-6-7/h1-2,7H,3-6H2,(H,12,13). The third kappa shape index (κ3) is 3.23. The van der Waals surface area contributed by atoms with Crippen LogP contribution in [0.4, 0.5) is 0 Å². The van der Waals surface area contributed by atoms with Gasteiger partial charge in [0.05, 0.1) is 8.66 Å². The number of hydrogen-bond donors (Lipinski definition) is 1. The number of thioether (sulfide) groups is 1. The highest BCUT2D eigenvalue weighted by atomic mass is 79.9. The van der Waals surface area contributed by atoms with E-state index < -0.39 is 0 Å².